The summed E-state index contributed by atoms with van der Waals surface area (Å²) >= 11 is 1.27. The van der Waals surface area contributed by atoms with Gasteiger partial charge in [-0.25, -0.2) is 28.7 Å². The first-order valence-electron chi connectivity index (χ1n) is 20.9. The van der Waals surface area contributed by atoms with Crippen LogP contribution in [0, 0.1) is 11.3 Å². The maximum absolute atomic E-state index is 12.9. The number of amides is 5. The van der Waals surface area contributed by atoms with Crippen molar-refractivity contribution in [2.24, 2.45) is 17.1 Å². The van der Waals surface area contributed by atoms with Gasteiger partial charge in [-0.1, -0.05) is 13.8 Å². The Morgan fingerprint density at radius 1 is 1.03 bits per heavy atom. The van der Waals surface area contributed by atoms with Crippen LogP contribution in [-0.2, 0) is 55.9 Å². The van der Waals surface area contributed by atoms with E-state index in [1.54, 1.807) is 0 Å². The lowest BCUT2D eigenvalue weighted by atomic mass is 9.83. The van der Waals surface area contributed by atoms with Crippen LogP contribution in [0.1, 0.15) is 65.3 Å². The Morgan fingerprint density at radius 3 is 2.30 bits per heavy atom. The number of carbonyl (C=O) groups excluding carboxylic acids is 5. The second kappa shape index (κ2) is 28.7. The van der Waals surface area contributed by atoms with Crippen LogP contribution in [0.2, 0.25) is 0 Å². The molecule has 1 saturated carbocycles. The number of nitrogens with one attached hydrogen (secondary N) is 4. The minimum absolute atomic E-state index is 0.0694. The highest BCUT2D eigenvalue weighted by molar-refractivity contribution is 7.99. The summed E-state index contributed by atoms with van der Waals surface area (Å²) in [6.45, 7) is 3.61. The zero-order valence-electron chi connectivity index (χ0n) is 38.0. The molecular formula is C36H60F2N9O19P3S. The summed E-state index contributed by atoms with van der Waals surface area (Å²) in [7, 11) is -15.6. The van der Waals surface area contributed by atoms with E-state index in [0.717, 1.165) is 0 Å². The molecule has 1 aliphatic rings. The lowest BCUT2D eigenvalue weighted by Crippen LogP contribution is -2.45. The van der Waals surface area contributed by atoms with Crippen molar-refractivity contribution in [3.8, 4) is 0 Å². The number of aliphatic hydroxyl groups is 2. The zero-order valence-corrected chi connectivity index (χ0v) is 41.5. The molecule has 2 heterocycles. The molecule has 2 aromatic heterocycles. The van der Waals surface area contributed by atoms with Crippen molar-refractivity contribution in [3.63, 3.8) is 0 Å². The van der Waals surface area contributed by atoms with Gasteiger partial charge in [0.25, 0.3) is 0 Å². The first-order chi connectivity index (χ1) is 32.5. The molecule has 0 saturated heterocycles. The maximum atomic E-state index is 12.9. The second-order valence-corrected chi connectivity index (χ2v) is 22.0. The standard InChI is InChI=1S/C34H58N9O17P3S.C2H2F2O2/c1-20(44)42-23(31(36)49)6-4-5-10-37-26(46)18-64-15-13-38-25(45)8-12-40-33(50)30(48)34(2,3)9-14-61(51,52)60-63(56,57)58-17-21-16-24(28(47)29(21)59-62(53,54)55)43-19-41-27-22(35)7-11-39-32(27)43;3-2(4)1-6-5/h7,11,19,21,23-24,28-30,47-48H,4-6,8-10,12-18H2,1-3H3,(H2,35,39)(H2,36,49)(H,37,46)(H,38,45)(H,40,50)(H,42,44)(H,51,52)(H,56,57)(H2,53,54,55);1,5H/t21-,23+,24?,28+,29-,30+;/m1./s1. The van der Waals surface area contributed by atoms with Crippen molar-refractivity contribution >= 4 is 81.4 Å². The van der Waals surface area contributed by atoms with Gasteiger partial charge < -0.3 is 72.0 Å². The maximum Gasteiger partial charge on any atom is 0.479 e. The monoisotopic (exact) mass is 1090 g/mol. The van der Waals surface area contributed by atoms with E-state index >= 15 is 0 Å². The van der Waals surface area contributed by atoms with Crippen molar-refractivity contribution < 1.29 is 99.7 Å². The number of carbonyl (C=O) groups is 5. The molecule has 3 unspecified atom stereocenters. The molecule has 8 atom stereocenters. The highest BCUT2D eigenvalue weighted by Gasteiger charge is 2.49. The average Bonchev–Trinajstić information content (AvgIpc) is 3.81. The number of rotatable bonds is 29. The van der Waals surface area contributed by atoms with Gasteiger partial charge >= 0.3 is 29.3 Å². The summed E-state index contributed by atoms with van der Waals surface area (Å²) in [5, 5.41) is 39.2. The number of anilines is 1. The van der Waals surface area contributed by atoms with Gasteiger partial charge in [0.1, 0.15) is 29.9 Å². The number of aliphatic hydroxyl groups excluding tert-OH is 2. The van der Waals surface area contributed by atoms with Gasteiger partial charge in [0.05, 0.1) is 36.6 Å². The molecule has 0 radical (unpaired) electrons. The zero-order chi connectivity index (χ0) is 53.0. The number of primary amides is 1. The van der Waals surface area contributed by atoms with Crippen molar-refractivity contribution in [1.82, 2.24) is 35.8 Å². The lowest BCUT2D eigenvalue weighted by Gasteiger charge is -2.30. The largest absolute Gasteiger partial charge is 0.479 e. The van der Waals surface area contributed by atoms with E-state index < -0.39 is 108 Å². The second-order valence-electron chi connectivity index (χ2n) is 16.1. The van der Waals surface area contributed by atoms with Crippen molar-refractivity contribution in [2.75, 3.05) is 49.6 Å². The van der Waals surface area contributed by atoms with E-state index in [0.29, 0.717) is 31.6 Å². The fraction of sp³-hybridized carbons (Fsp3) is 0.639. The number of nitrogens with two attached hydrogens (primary N) is 2. The fourth-order valence-electron chi connectivity index (χ4n) is 6.60. The minimum Gasteiger partial charge on any atom is -0.397 e. The van der Waals surface area contributed by atoms with Gasteiger partial charge in [-0.05, 0) is 38.2 Å². The third-order valence-corrected chi connectivity index (χ3v) is 14.7. The van der Waals surface area contributed by atoms with Crippen LogP contribution in [0.4, 0.5) is 14.5 Å². The normalized spacial score (nSPS) is 19.5. The molecule has 3 rings (SSSR count). The van der Waals surface area contributed by atoms with Crippen LogP contribution < -0.4 is 32.7 Å². The fourth-order valence-corrected chi connectivity index (χ4v) is 10.9. The smallest absolute Gasteiger partial charge is 0.397 e. The molecule has 15 N–H and O–H groups in total. The molecule has 1 fully saturated rings. The van der Waals surface area contributed by atoms with Gasteiger partial charge in [0.2, 0.25) is 29.5 Å². The number of nitrogens with zero attached hydrogens (tertiary/aromatic N) is 3. The van der Waals surface area contributed by atoms with Crippen molar-refractivity contribution in [3.05, 3.63) is 30.9 Å². The third kappa shape index (κ3) is 22.5. The van der Waals surface area contributed by atoms with Crippen LogP contribution in [0.5, 0.6) is 0 Å². The summed E-state index contributed by atoms with van der Waals surface area (Å²) in [5.41, 5.74) is 10.6. The Morgan fingerprint density at radius 2 is 1.70 bits per heavy atom. The molecule has 0 spiro atoms. The molecule has 34 heteroatoms. The van der Waals surface area contributed by atoms with E-state index in [4.69, 9.17) is 25.8 Å². The minimum atomic E-state index is -5.38. The molecule has 398 valence electrons. The van der Waals surface area contributed by atoms with Gasteiger partial charge in [-0.15, -0.1) is 0 Å². The number of fused-ring (bicyclic) bond motifs is 1. The van der Waals surface area contributed by atoms with Crippen molar-refractivity contribution in [1.29, 1.82) is 0 Å². The Hall–Kier alpha value is -4.19. The molecule has 0 aliphatic heterocycles. The highest BCUT2D eigenvalue weighted by atomic mass is 32.2. The van der Waals surface area contributed by atoms with E-state index in [-0.39, 0.29) is 66.6 Å². The first kappa shape index (κ1) is 61.9. The number of nitrogen functional groups attached to an aromatic ring is 1. The summed E-state index contributed by atoms with van der Waals surface area (Å²) in [6, 6.07) is -0.272. The number of pyridine rings is 1. The number of thioether (sulfide) groups is 1. The van der Waals surface area contributed by atoms with Crippen LogP contribution >= 0.6 is 35.0 Å². The highest BCUT2D eigenvalue weighted by Crippen LogP contribution is 2.61. The number of halogens is 2. The number of hydrogen-bond acceptors (Lipinski definition) is 19. The lowest BCUT2D eigenvalue weighted by molar-refractivity contribution is -0.189. The van der Waals surface area contributed by atoms with Gasteiger partial charge in [-0.3, -0.25) is 37.6 Å². The summed E-state index contributed by atoms with van der Waals surface area (Å²) in [6.07, 6.45) is -4.61. The third-order valence-electron chi connectivity index (χ3n) is 10.1. The molecular weight excluding hydrogens is 1030 g/mol. The Labute approximate surface area is 403 Å². The van der Waals surface area contributed by atoms with Gasteiger partial charge in [0, 0.05) is 56.3 Å². The first-order valence-corrected chi connectivity index (χ1v) is 26.9. The van der Waals surface area contributed by atoms with E-state index in [1.807, 2.05) is 0 Å². The van der Waals surface area contributed by atoms with E-state index in [9.17, 15) is 76.2 Å². The van der Waals surface area contributed by atoms with E-state index in [1.165, 1.54) is 55.7 Å². The SMILES string of the molecule is CC(=O)N[C@@H](CCCCNC(=O)CSCCNC(=O)CCNC(=O)[C@H](O)C(C)(C)CCP(=O)(O)OP(=O)(O)OC[C@H]1CC(n2cnc3c(N)ccnc32)[C@H](O)[C@@H]1OP(=O)(O)O)C(N)=O.OOC=C(F)F. The number of phosphoric acid groups is 2. The number of phosphoric ester groups is 2. The number of hydrogen-bond donors (Lipinski definition) is 13. The van der Waals surface area contributed by atoms with Gasteiger partial charge in [-0.2, -0.15) is 20.5 Å². The topological polar surface area (TPSA) is 446 Å². The predicted octanol–water partition coefficient (Wildman–Crippen LogP) is 0.356. The van der Waals surface area contributed by atoms with E-state index in [2.05, 4.69) is 40.4 Å². The number of unbranched alkanes of at least 4 members (excludes halogenated alkanes) is 1. The molecule has 28 nitrogen and oxygen atoms in total. The van der Waals surface area contributed by atoms with Gasteiger partial charge in [0.15, 0.2) is 11.9 Å². The summed E-state index contributed by atoms with van der Waals surface area (Å²) < 4.78 is 74.5. The molecule has 0 bridgehead atoms. The molecule has 0 aromatic carbocycles. The molecule has 5 amide bonds. The Kier molecular flexibility index (Phi) is 25.4. The summed E-state index contributed by atoms with van der Waals surface area (Å²) in [5.74, 6) is -3.21. The van der Waals surface area contributed by atoms with Crippen molar-refractivity contribution in [2.45, 2.75) is 89.7 Å². The average molecular weight is 1090 g/mol. The molecule has 1 aliphatic carbocycles. The van der Waals surface area contributed by atoms with Crippen LogP contribution in [0.15, 0.2) is 30.9 Å². The van der Waals surface area contributed by atoms with Crippen LogP contribution in [-0.4, -0.2) is 147 Å². The number of aromatic nitrogens is 3. The van der Waals surface area contributed by atoms with Crippen LogP contribution in [0.3, 0.4) is 0 Å². The Balaban J connectivity index is 0.00000262. The molecule has 2 aromatic rings. The summed E-state index contributed by atoms with van der Waals surface area (Å²) in [4.78, 5) is 111. The Bertz CT molecular complexity index is 2260. The molecule has 70 heavy (non-hydrogen) atoms. The number of imidazole rings is 1. The quantitative estimate of drug-likeness (QED) is 0.0172. The van der Waals surface area contributed by atoms with Crippen LogP contribution in [0.25, 0.3) is 11.2 Å². The predicted molar refractivity (Wildman–Crippen MR) is 244 cm³/mol.